The Balaban J connectivity index is 2.00. The second kappa shape index (κ2) is 5.30. The summed E-state index contributed by atoms with van der Waals surface area (Å²) in [5.74, 6) is -1.14. The number of hydrogen-bond acceptors (Lipinski definition) is 4. The number of aryl methyl sites for hydroxylation is 2. The third kappa shape index (κ3) is 2.26. The highest BCUT2D eigenvalue weighted by atomic mass is 16.5. The van der Waals surface area contributed by atoms with Gasteiger partial charge in [-0.2, -0.15) is 0 Å². The van der Waals surface area contributed by atoms with Crippen molar-refractivity contribution in [2.75, 3.05) is 6.61 Å². The van der Waals surface area contributed by atoms with Gasteiger partial charge in [-0.25, -0.2) is 0 Å². The molecule has 1 N–H and O–H groups in total. The average molecular weight is 296 g/mol. The first-order valence-corrected chi connectivity index (χ1v) is 7.09. The zero-order valence-corrected chi connectivity index (χ0v) is 12.4. The molecule has 4 heteroatoms. The van der Waals surface area contributed by atoms with Crippen LogP contribution < -0.4 is 4.74 Å². The Morgan fingerprint density at radius 3 is 2.68 bits per heavy atom. The zero-order valence-electron chi connectivity index (χ0n) is 12.4. The fourth-order valence-electron chi connectivity index (χ4n) is 2.82. The van der Waals surface area contributed by atoms with Crippen LogP contribution in [0.5, 0.6) is 11.5 Å². The molecule has 3 rings (SSSR count). The maximum atomic E-state index is 12.7. The number of fused-ring (bicyclic) bond motifs is 1. The van der Waals surface area contributed by atoms with E-state index in [4.69, 9.17) is 4.74 Å². The molecule has 2 aromatic carbocycles. The molecular formula is C18H16O4. The number of rotatable bonds is 2. The number of carbonyl (C=O) groups is 2. The number of aromatic hydroxyl groups is 1. The van der Waals surface area contributed by atoms with Crippen LogP contribution in [0, 0.1) is 19.8 Å². The zero-order chi connectivity index (χ0) is 15.9. The fraction of sp³-hybridized carbons (Fsp3) is 0.222. The maximum absolute atomic E-state index is 12.7. The molecule has 1 heterocycles. The Kier molecular flexibility index (Phi) is 3.45. The Bertz CT molecular complexity index is 777. The van der Waals surface area contributed by atoms with Crippen LogP contribution >= 0.6 is 0 Å². The lowest BCUT2D eigenvalue weighted by Gasteiger charge is -2.25. The number of ether oxygens (including phenoxy) is 1. The third-order valence-corrected chi connectivity index (χ3v) is 3.88. The molecule has 0 saturated heterocycles. The van der Waals surface area contributed by atoms with Crippen LogP contribution in [0.3, 0.4) is 0 Å². The second-order valence-corrected chi connectivity index (χ2v) is 5.57. The summed E-state index contributed by atoms with van der Waals surface area (Å²) >= 11 is 0. The van der Waals surface area contributed by atoms with E-state index in [1.807, 2.05) is 19.9 Å². The van der Waals surface area contributed by atoms with Crippen molar-refractivity contribution in [2.24, 2.45) is 5.92 Å². The first kappa shape index (κ1) is 14.3. The van der Waals surface area contributed by atoms with Gasteiger partial charge in [0.2, 0.25) is 0 Å². The quantitative estimate of drug-likeness (QED) is 0.683. The molecule has 0 aromatic heterocycles. The minimum absolute atomic E-state index is 0.00288. The number of carbonyl (C=O) groups excluding carboxylic acids is 2. The van der Waals surface area contributed by atoms with Crippen molar-refractivity contribution in [1.29, 1.82) is 0 Å². The minimum atomic E-state index is -0.915. The van der Waals surface area contributed by atoms with Gasteiger partial charge in [0, 0.05) is 0 Å². The monoisotopic (exact) mass is 296 g/mol. The van der Waals surface area contributed by atoms with Crippen LogP contribution in [0.15, 0.2) is 36.4 Å². The second-order valence-electron chi connectivity index (χ2n) is 5.57. The molecule has 0 bridgehead atoms. The van der Waals surface area contributed by atoms with E-state index in [9.17, 15) is 14.7 Å². The highest BCUT2D eigenvalue weighted by Crippen LogP contribution is 2.33. The highest BCUT2D eigenvalue weighted by molar-refractivity contribution is 6.18. The molecule has 0 aliphatic carbocycles. The van der Waals surface area contributed by atoms with Crippen LogP contribution in [-0.2, 0) is 0 Å². The molecule has 0 saturated carbocycles. The van der Waals surface area contributed by atoms with Crippen molar-refractivity contribution < 1.29 is 19.4 Å². The first-order valence-electron chi connectivity index (χ1n) is 7.09. The Labute approximate surface area is 128 Å². The highest BCUT2D eigenvalue weighted by Gasteiger charge is 2.36. The number of ketones is 2. The molecule has 0 fully saturated rings. The third-order valence-electron chi connectivity index (χ3n) is 3.88. The summed E-state index contributed by atoms with van der Waals surface area (Å²) in [6.45, 7) is 3.78. The van der Waals surface area contributed by atoms with Gasteiger partial charge >= 0.3 is 0 Å². The van der Waals surface area contributed by atoms with Gasteiger partial charge in [0.1, 0.15) is 24.0 Å². The van der Waals surface area contributed by atoms with Gasteiger partial charge in [-0.15, -0.1) is 0 Å². The van der Waals surface area contributed by atoms with E-state index in [0.717, 1.165) is 11.1 Å². The van der Waals surface area contributed by atoms with Gasteiger partial charge in [0.25, 0.3) is 0 Å². The molecule has 112 valence electrons. The Hall–Kier alpha value is -2.62. The lowest BCUT2D eigenvalue weighted by atomic mass is 9.87. The van der Waals surface area contributed by atoms with Gasteiger partial charge in [0.15, 0.2) is 11.6 Å². The summed E-state index contributed by atoms with van der Waals surface area (Å²) in [4.78, 5) is 25.2. The van der Waals surface area contributed by atoms with Gasteiger partial charge in [0.05, 0.1) is 11.1 Å². The average Bonchev–Trinajstić information content (AvgIpc) is 2.48. The largest absolute Gasteiger partial charge is 0.507 e. The normalized spacial score (nSPS) is 16.8. The van der Waals surface area contributed by atoms with Crippen molar-refractivity contribution in [3.05, 3.63) is 58.7 Å². The van der Waals surface area contributed by atoms with Gasteiger partial charge in [-0.05, 0) is 43.2 Å². The summed E-state index contributed by atoms with van der Waals surface area (Å²) in [6.07, 6.45) is 0. The predicted molar refractivity (Wildman–Crippen MR) is 81.7 cm³/mol. The number of phenols is 1. The van der Waals surface area contributed by atoms with Gasteiger partial charge in [-0.1, -0.05) is 18.2 Å². The van der Waals surface area contributed by atoms with Crippen molar-refractivity contribution in [2.45, 2.75) is 13.8 Å². The van der Waals surface area contributed by atoms with E-state index in [-0.39, 0.29) is 23.7 Å². The number of hydrogen-bond donors (Lipinski definition) is 1. The lowest BCUT2D eigenvalue weighted by Crippen LogP contribution is -2.34. The molecule has 4 nitrogen and oxygen atoms in total. The van der Waals surface area contributed by atoms with E-state index in [2.05, 4.69) is 0 Å². The molecular weight excluding hydrogens is 280 g/mol. The smallest absolute Gasteiger partial charge is 0.180 e. The van der Waals surface area contributed by atoms with Crippen LogP contribution in [0.4, 0.5) is 0 Å². The summed E-state index contributed by atoms with van der Waals surface area (Å²) in [5, 5.41) is 9.81. The van der Waals surface area contributed by atoms with Crippen LogP contribution in [0.2, 0.25) is 0 Å². The molecule has 0 radical (unpaired) electrons. The number of para-hydroxylation sites is 1. The van der Waals surface area contributed by atoms with Crippen molar-refractivity contribution in [1.82, 2.24) is 0 Å². The number of benzene rings is 2. The minimum Gasteiger partial charge on any atom is -0.507 e. The first-order chi connectivity index (χ1) is 10.5. The number of phenolic OH excluding ortho intramolecular Hbond substituents is 1. The summed E-state index contributed by atoms with van der Waals surface area (Å²) in [7, 11) is 0. The Morgan fingerprint density at radius 1 is 1.23 bits per heavy atom. The number of Topliss-reactive ketones (excluding diaryl/α,β-unsaturated/α-hetero) is 2. The molecule has 2 aromatic rings. The topological polar surface area (TPSA) is 63.6 Å². The van der Waals surface area contributed by atoms with Crippen molar-refractivity contribution in [3.63, 3.8) is 0 Å². The standard InChI is InChI=1S/C18H16O4/c1-10-7-11(2)18-13(8-10)17(21)14(9-22-18)16(20)12-5-3-4-6-15(12)19/h3-8,14,19H,9H2,1-2H3. The maximum Gasteiger partial charge on any atom is 0.180 e. The molecule has 1 aliphatic heterocycles. The predicted octanol–water partition coefficient (Wildman–Crippen LogP) is 3.08. The van der Waals surface area contributed by atoms with Crippen LogP contribution in [0.1, 0.15) is 31.8 Å². The van der Waals surface area contributed by atoms with Crippen molar-refractivity contribution in [3.8, 4) is 11.5 Å². The van der Waals surface area contributed by atoms with E-state index < -0.39 is 11.7 Å². The SMILES string of the molecule is Cc1cc(C)c2c(c1)C(=O)C(C(=O)c1ccccc1O)CO2. The van der Waals surface area contributed by atoms with E-state index >= 15 is 0 Å². The van der Waals surface area contributed by atoms with Gasteiger partial charge < -0.3 is 9.84 Å². The van der Waals surface area contributed by atoms with E-state index in [0.29, 0.717) is 11.3 Å². The molecule has 0 spiro atoms. The summed E-state index contributed by atoms with van der Waals surface area (Å²) < 4.78 is 5.65. The Morgan fingerprint density at radius 2 is 1.95 bits per heavy atom. The summed E-state index contributed by atoms with van der Waals surface area (Å²) in [6, 6.07) is 9.93. The molecule has 1 unspecified atom stereocenters. The molecule has 1 aliphatic rings. The van der Waals surface area contributed by atoms with Gasteiger partial charge in [-0.3, -0.25) is 9.59 Å². The lowest BCUT2D eigenvalue weighted by molar-refractivity contribution is 0.0721. The van der Waals surface area contributed by atoms with E-state index in [1.54, 1.807) is 18.2 Å². The van der Waals surface area contributed by atoms with E-state index in [1.165, 1.54) is 12.1 Å². The summed E-state index contributed by atoms with van der Waals surface area (Å²) in [5.41, 5.74) is 2.43. The molecule has 0 amide bonds. The fourth-order valence-corrected chi connectivity index (χ4v) is 2.82. The molecule has 22 heavy (non-hydrogen) atoms. The molecule has 1 atom stereocenters. The van der Waals surface area contributed by atoms with Crippen molar-refractivity contribution >= 4 is 11.6 Å². The van der Waals surface area contributed by atoms with Crippen LogP contribution in [0.25, 0.3) is 0 Å². The van der Waals surface area contributed by atoms with Crippen LogP contribution in [-0.4, -0.2) is 23.3 Å².